The highest BCUT2D eigenvalue weighted by atomic mass is 32.2. The molecule has 0 bridgehead atoms. The molecule has 1 N–H and O–H groups in total. The largest absolute Gasteiger partial charge is 0.466 e. The lowest BCUT2D eigenvalue weighted by Gasteiger charge is -2.03. The van der Waals surface area contributed by atoms with Gasteiger partial charge in [-0.2, -0.15) is 0 Å². The number of esters is 1. The van der Waals surface area contributed by atoms with Crippen LogP contribution in [0.1, 0.15) is 23.0 Å². The van der Waals surface area contributed by atoms with Gasteiger partial charge in [0, 0.05) is 32.9 Å². The third-order valence-electron chi connectivity index (χ3n) is 2.85. The molecule has 23 heavy (non-hydrogen) atoms. The molecule has 1 aromatic carbocycles. The quantitative estimate of drug-likeness (QED) is 0.806. The number of amides is 1. The average molecular weight is 352 g/mol. The Kier molecular flexibility index (Phi) is 6.00. The SMILES string of the molecule is CCOC(=O)Cc1csc(NC(=O)c2ccc([S@](C)=O)cc2)n1. The van der Waals surface area contributed by atoms with Crippen molar-refractivity contribution >= 4 is 39.1 Å². The predicted molar refractivity (Wildman–Crippen MR) is 89.2 cm³/mol. The maximum atomic E-state index is 12.1. The molecular weight excluding hydrogens is 336 g/mol. The van der Waals surface area contributed by atoms with Gasteiger partial charge in [0.05, 0.1) is 18.7 Å². The summed E-state index contributed by atoms with van der Waals surface area (Å²) in [5, 5.41) is 4.79. The molecule has 0 saturated heterocycles. The molecule has 0 spiro atoms. The molecule has 122 valence electrons. The standard InChI is InChI=1S/C15H16N2O4S2/c1-3-21-13(18)8-11-9-22-15(16-11)17-14(19)10-4-6-12(7-5-10)23(2)20/h4-7,9H,3,8H2,1-2H3,(H,16,17,19)/t23-/m0/s1. The smallest absolute Gasteiger partial charge is 0.311 e. The monoisotopic (exact) mass is 352 g/mol. The first-order valence-electron chi connectivity index (χ1n) is 6.84. The number of hydrogen-bond donors (Lipinski definition) is 1. The van der Waals surface area contributed by atoms with E-state index in [4.69, 9.17) is 4.74 Å². The van der Waals surface area contributed by atoms with Crippen LogP contribution in [0.3, 0.4) is 0 Å². The zero-order valence-electron chi connectivity index (χ0n) is 12.7. The fourth-order valence-corrected chi connectivity index (χ4v) is 3.00. The number of ether oxygens (including phenoxy) is 1. The molecule has 1 heterocycles. The molecule has 0 fully saturated rings. The van der Waals surface area contributed by atoms with E-state index in [1.54, 1.807) is 42.8 Å². The van der Waals surface area contributed by atoms with Crippen LogP contribution in [-0.4, -0.2) is 33.9 Å². The minimum atomic E-state index is -1.08. The highest BCUT2D eigenvalue weighted by molar-refractivity contribution is 7.84. The highest BCUT2D eigenvalue weighted by Gasteiger charge is 2.12. The van der Waals surface area contributed by atoms with E-state index in [0.717, 1.165) is 0 Å². The number of carbonyl (C=O) groups is 2. The normalized spacial score (nSPS) is 11.7. The number of rotatable bonds is 6. The van der Waals surface area contributed by atoms with Gasteiger partial charge in [0.25, 0.3) is 5.91 Å². The van der Waals surface area contributed by atoms with Crippen LogP contribution >= 0.6 is 11.3 Å². The van der Waals surface area contributed by atoms with Crippen molar-refractivity contribution in [3.63, 3.8) is 0 Å². The van der Waals surface area contributed by atoms with E-state index in [1.807, 2.05) is 0 Å². The Bertz CT molecular complexity index is 725. The van der Waals surface area contributed by atoms with Gasteiger partial charge in [-0.05, 0) is 31.2 Å². The van der Waals surface area contributed by atoms with Gasteiger partial charge in [0.1, 0.15) is 0 Å². The Morgan fingerprint density at radius 3 is 2.61 bits per heavy atom. The number of benzene rings is 1. The number of anilines is 1. The zero-order chi connectivity index (χ0) is 16.8. The van der Waals surface area contributed by atoms with Crippen molar-refractivity contribution in [1.29, 1.82) is 0 Å². The van der Waals surface area contributed by atoms with E-state index in [1.165, 1.54) is 11.3 Å². The Morgan fingerprint density at radius 1 is 1.30 bits per heavy atom. The Hall–Kier alpha value is -2.06. The lowest BCUT2D eigenvalue weighted by atomic mass is 10.2. The molecule has 2 aromatic rings. The summed E-state index contributed by atoms with van der Waals surface area (Å²) in [7, 11) is -1.08. The summed E-state index contributed by atoms with van der Waals surface area (Å²) in [6, 6.07) is 6.52. The summed E-state index contributed by atoms with van der Waals surface area (Å²) >= 11 is 1.24. The fourth-order valence-electron chi connectivity index (χ4n) is 1.77. The minimum absolute atomic E-state index is 0.0806. The predicted octanol–water partition coefficient (Wildman–Crippen LogP) is 2.24. The van der Waals surface area contributed by atoms with Crippen LogP contribution in [0.4, 0.5) is 5.13 Å². The van der Waals surface area contributed by atoms with Crippen molar-refractivity contribution in [2.24, 2.45) is 0 Å². The topological polar surface area (TPSA) is 85.4 Å². The molecule has 0 aliphatic heterocycles. The van der Waals surface area contributed by atoms with E-state index < -0.39 is 10.8 Å². The number of nitrogens with zero attached hydrogens (tertiary/aromatic N) is 1. The van der Waals surface area contributed by atoms with Crippen LogP contribution in [0, 0.1) is 0 Å². The zero-order valence-corrected chi connectivity index (χ0v) is 14.3. The molecule has 6 nitrogen and oxygen atoms in total. The summed E-state index contributed by atoms with van der Waals surface area (Å²) in [6.45, 7) is 2.06. The summed E-state index contributed by atoms with van der Waals surface area (Å²) in [4.78, 5) is 28.3. The van der Waals surface area contributed by atoms with Gasteiger partial charge in [0.2, 0.25) is 0 Å². The average Bonchev–Trinajstić information content (AvgIpc) is 2.94. The van der Waals surface area contributed by atoms with Crippen LogP contribution in [0.5, 0.6) is 0 Å². The van der Waals surface area contributed by atoms with Crippen molar-refractivity contribution in [1.82, 2.24) is 4.98 Å². The van der Waals surface area contributed by atoms with Gasteiger partial charge in [-0.15, -0.1) is 11.3 Å². The molecule has 1 aromatic heterocycles. The molecule has 2 rings (SSSR count). The van der Waals surface area contributed by atoms with Gasteiger partial charge in [-0.1, -0.05) is 0 Å². The van der Waals surface area contributed by atoms with Gasteiger partial charge in [-0.25, -0.2) is 4.98 Å². The Balaban J connectivity index is 1.99. The molecule has 8 heteroatoms. The third-order valence-corrected chi connectivity index (χ3v) is 4.59. The molecule has 0 unspecified atom stereocenters. The molecule has 0 saturated carbocycles. The van der Waals surface area contributed by atoms with E-state index in [0.29, 0.717) is 27.9 Å². The second-order valence-corrected chi connectivity index (χ2v) is 6.80. The van der Waals surface area contributed by atoms with Crippen molar-refractivity contribution in [2.45, 2.75) is 18.2 Å². The summed E-state index contributed by atoms with van der Waals surface area (Å²) in [5.74, 6) is -0.658. The van der Waals surface area contributed by atoms with Crippen molar-refractivity contribution in [3.8, 4) is 0 Å². The second-order valence-electron chi connectivity index (χ2n) is 4.56. The van der Waals surface area contributed by atoms with Crippen LogP contribution in [0.25, 0.3) is 0 Å². The summed E-state index contributed by atoms with van der Waals surface area (Å²) in [6.07, 6.45) is 1.66. The summed E-state index contributed by atoms with van der Waals surface area (Å²) in [5.41, 5.74) is 1.00. The molecule has 0 aliphatic rings. The van der Waals surface area contributed by atoms with Gasteiger partial charge in [-0.3, -0.25) is 19.1 Å². The second kappa shape index (κ2) is 7.98. The van der Waals surface area contributed by atoms with Crippen LogP contribution in [0.15, 0.2) is 34.5 Å². The van der Waals surface area contributed by atoms with Crippen LogP contribution < -0.4 is 5.32 Å². The number of carbonyl (C=O) groups excluding carboxylic acids is 2. The molecular formula is C15H16N2O4S2. The molecule has 1 atom stereocenters. The number of aromatic nitrogens is 1. The highest BCUT2D eigenvalue weighted by Crippen LogP contribution is 2.17. The lowest BCUT2D eigenvalue weighted by Crippen LogP contribution is -2.12. The van der Waals surface area contributed by atoms with Crippen LogP contribution in [-0.2, 0) is 26.8 Å². The maximum absolute atomic E-state index is 12.1. The lowest BCUT2D eigenvalue weighted by molar-refractivity contribution is -0.142. The van der Waals surface area contributed by atoms with Crippen LogP contribution in [0.2, 0.25) is 0 Å². The minimum Gasteiger partial charge on any atom is -0.466 e. The summed E-state index contributed by atoms with van der Waals surface area (Å²) < 4.78 is 16.2. The first kappa shape index (κ1) is 17.3. The van der Waals surface area contributed by atoms with Gasteiger partial charge >= 0.3 is 5.97 Å². The van der Waals surface area contributed by atoms with E-state index >= 15 is 0 Å². The van der Waals surface area contributed by atoms with E-state index in [9.17, 15) is 13.8 Å². The third kappa shape index (κ3) is 4.97. The van der Waals surface area contributed by atoms with Gasteiger partial charge in [0.15, 0.2) is 5.13 Å². The number of nitrogens with one attached hydrogen (secondary N) is 1. The Morgan fingerprint density at radius 2 is 2.00 bits per heavy atom. The number of hydrogen-bond acceptors (Lipinski definition) is 6. The number of thiazole rings is 1. The van der Waals surface area contributed by atoms with Crippen molar-refractivity contribution in [3.05, 3.63) is 40.9 Å². The first-order valence-corrected chi connectivity index (χ1v) is 9.28. The molecule has 0 aliphatic carbocycles. The van der Waals surface area contributed by atoms with E-state index in [-0.39, 0.29) is 18.3 Å². The molecule has 1 amide bonds. The molecule has 0 radical (unpaired) electrons. The van der Waals surface area contributed by atoms with Gasteiger partial charge < -0.3 is 4.74 Å². The Labute approximate surface area is 140 Å². The maximum Gasteiger partial charge on any atom is 0.311 e. The fraction of sp³-hybridized carbons (Fsp3) is 0.267. The van der Waals surface area contributed by atoms with Crippen molar-refractivity contribution in [2.75, 3.05) is 18.2 Å². The van der Waals surface area contributed by atoms with E-state index in [2.05, 4.69) is 10.3 Å². The van der Waals surface area contributed by atoms with Crippen molar-refractivity contribution < 1.29 is 18.5 Å². The first-order chi connectivity index (χ1) is 11.0.